The molecule has 9 heteroatoms. The zero-order valence-electron chi connectivity index (χ0n) is 9.97. The summed E-state index contributed by atoms with van der Waals surface area (Å²) in [6, 6.07) is 5.20. The average molecular weight is 311 g/mol. The molecule has 3 rings (SSSR count). The normalized spacial score (nSPS) is 11.1. The van der Waals surface area contributed by atoms with E-state index in [0.29, 0.717) is 22.3 Å². The molecule has 0 atom stereocenters. The summed E-state index contributed by atoms with van der Waals surface area (Å²) in [4.78, 5) is 22.4. The van der Waals surface area contributed by atoms with Crippen molar-refractivity contribution in [3.05, 3.63) is 50.1 Å². The first-order valence-electron chi connectivity index (χ1n) is 5.58. The fraction of sp³-hybridized carbons (Fsp3) is 0.0909. The van der Waals surface area contributed by atoms with Crippen molar-refractivity contribution in [3.63, 3.8) is 0 Å². The number of nitrogens with two attached hydrogens (primary N) is 1. The van der Waals surface area contributed by atoms with Gasteiger partial charge in [-0.3, -0.25) is 4.98 Å². The van der Waals surface area contributed by atoms with Gasteiger partial charge in [-0.15, -0.1) is 9.61 Å². The second-order valence-electron chi connectivity index (χ2n) is 4.10. The molecule has 2 heterocycles. The number of aromatic nitrogens is 5. The second-order valence-corrected chi connectivity index (χ2v) is 4.91. The Hall–Kier alpha value is -2.12. The number of fused-ring (bicyclic) bond motifs is 1. The zero-order chi connectivity index (χ0) is 14.3. The van der Waals surface area contributed by atoms with Gasteiger partial charge in [0.2, 0.25) is 5.95 Å². The number of halogens is 2. The molecule has 0 saturated carbocycles. The lowest BCUT2D eigenvalue weighted by Gasteiger charge is -2.03. The van der Waals surface area contributed by atoms with Gasteiger partial charge in [-0.05, 0) is 17.7 Å². The monoisotopic (exact) mass is 310 g/mol. The minimum Gasteiger partial charge on any atom is -0.366 e. The molecule has 0 bridgehead atoms. The Balaban J connectivity index is 2.02. The second kappa shape index (κ2) is 4.77. The van der Waals surface area contributed by atoms with E-state index in [1.165, 1.54) is 0 Å². The Bertz CT molecular complexity index is 856. The maximum atomic E-state index is 11.8. The number of anilines is 1. The van der Waals surface area contributed by atoms with Crippen LogP contribution in [0.1, 0.15) is 11.4 Å². The molecule has 102 valence electrons. The highest BCUT2D eigenvalue weighted by molar-refractivity contribution is 6.42. The van der Waals surface area contributed by atoms with Crippen LogP contribution in [0.4, 0.5) is 5.95 Å². The number of H-pyrrole nitrogens is 1. The Morgan fingerprint density at radius 1 is 1.25 bits per heavy atom. The van der Waals surface area contributed by atoms with E-state index in [1.807, 2.05) is 0 Å². The highest BCUT2D eigenvalue weighted by atomic mass is 35.5. The van der Waals surface area contributed by atoms with Crippen molar-refractivity contribution in [2.45, 2.75) is 6.42 Å². The van der Waals surface area contributed by atoms with Crippen molar-refractivity contribution in [3.8, 4) is 0 Å². The quantitative estimate of drug-likeness (QED) is 0.742. The van der Waals surface area contributed by atoms with E-state index in [1.54, 1.807) is 18.2 Å². The van der Waals surface area contributed by atoms with E-state index in [2.05, 4.69) is 20.1 Å². The topological polar surface area (TPSA) is 102 Å². The Morgan fingerprint density at radius 2 is 2.05 bits per heavy atom. The lowest BCUT2D eigenvalue weighted by atomic mass is 10.1. The van der Waals surface area contributed by atoms with Gasteiger partial charge in [0.25, 0.3) is 5.78 Å². The summed E-state index contributed by atoms with van der Waals surface area (Å²) in [5, 5.41) is 4.64. The van der Waals surface area contributed by atoms with Crippen LogP contribution in [0.3, 0.4) is 0 Å². The van der Waals surface area contributed by atoms with Crippen LogP contribution >= 0.6 is 23.2 Å². The lowest BCUT2D eigenvalue weighted by Crippen LogP contribution is -2.21. The molecular formula is C11H8Cl2N6O. The van der Waals surface area contributed by atoms with Gasteiger partial charge >= 0.3 is 5.69 Å². The van der Waals surface area contributed by atoms with E-state index in [0.717, 1.165) is 10.1 Å². The molecule has 0 aliphatic heterocycles. The molecule has 0 aliphatic carbocycles. The van der Waals surface area contributed by atoms with Crippen molar-refractivity contribution >= 4 is 34.9 Å². The van der Waals surface area contributed by atoms with Gasteiger partial charge in [-0.1, -0.05) is 29.3 Å². The first-order chi connectivity index (χ1) is 9.52. The molecule has 0 saturated heterocycles. The molecule has 2 aromatic heterocycles. The summed E-state index contributed by atoms with van der Waals surface area (Å²) >= 11 is 11.8. The summed E-state index contributed by atoms with van der Waals surface area (Å²) in [6.45, 7) is 0. The van der Waals surface area contributed by atoms with Gasteiger partial charge in [0.1, 0.15) is 5.82 Å². The van der Waals surface area contributed by atoms with E-state index in [-0.39, 0.29) is 11.7 Å². The van der Waals surface area contributed by atoms with Crippen LogP contribution < -0.4 is 11.4 Å². The number of nitrogen functional groups attached to an aromatic ring is 1. The molecule has 0 radical (unpaired) electrons. The summed E-state index contributed by atoms with van der Waals surface area (Å²) in [5.74, 6) is 0.587. The van der Waals surface area contributed by atoms with E-state index < -0.39 is 5.69 Å². The summed E-state index contributed by atoms with van der Waals surface area (Å²) in [5.41, 5.74) is 5.84. The number of hydrogen-bond donors (Lipinski definition) is 2. The lowest BCUT2D eigenvalue weighted by molar-refractivity contribution is 0.804. The van der Waals surface area contributed by atoms with Gasteiger partial charge in [0.05, 0.1) is 10.0 Å². The van der Waals surface area contributed by atoms with Crippen LogP contribution in [0.15, 0.2) is 23.0 Å². The third kappa shape index (κ3) is 2.33. The number of benzene rings is 1. The largest absolute Gasteiger partial charge is 0.366 e. The molecule has 3 N–H and O–H groups in total. The third-order valence-corrected chi connectivity index (χ3v) is 3.38. The fourth-order valence-corrected chi connectivity index (χ4v) is 2.10. The van der Waals surface area contributed by atoms with Crippen LogP contribution in [0.2, 0.25) is 10.0 Å². The number of nitrogens with one attached hydrogen (secondary N) is 1. The summed E-state index contributed by atoms with van der Waals surface area (Å²) < 4.78 is 1.01. The smallest absolute Gasteiger partial charge is 0.350 e. The molecule has 20 heavy (non-hydrogen) atoms. The number of aromatic amines is 1. The molecule has 0 spiro atoms. The molecule has 0 fully saturated rings. The Labute approximate surface area is 122 Å². The number of nitrogens with zero attached hydrogens (tertiary/aromatic N) is 4. The average Bonchev–Trinajstić information content (AvgIpc) is 2.75. The maximum Gasteiger partial charge on any atom is 0.350 e. The minimum absolute atomic E-state index is 0.00492. The molecule has 0 amide bonds. The van der Waals surface area contributed by atoms with Crippen LogP contribution in [0.5, 0.6) is 0 Å². The van der Waals surface area contributed by atoms with Crippen LogP contribution in [-0.2, 0) is 6.42 Å². The van der Waals surface area contributed by atoms with Crippen molar-refractivity contribution in [1.82, 2.24) is 24.6 Å². The van der Waals surface area contributed by atoms with Gasteiger partial charge in [0, 0.05) is 6.42 Å². The van der Waals surface area contributed by atoms with Crippen molar-refractivity contribution < 1.29 is 0 Å². The van der Waals surface area contributed by atoms with E-state index >= 15 is 0 Å². The van der Waals surface area contributed by atoms with Gasteiger partial charge in [-0.25, -0.2) is 4.79 Å². The highest BCUT2D eigenvalue weighted by Gasteiger charge is 2.09. The zero-order valence-corrected chi connectivity index (χ0v) is 11.5. The molecule has 3 aromatic rings. The van der Waals surface area contributed by atoms with Gasteiger partial charge < -0.3 is 5.73 Å². The number of rotatable bonds is 2. The standard InChI is InChI=1S/C11H8Cl2N6O/c12-6-2-1-5(3-7(6)13)4-8-15-10-17-9(14)18-19(10)11(20)16-8/h1-3H,4H2,(H3,14,15,16,17,18,20). The SMILES string of the molecule is Nc1nc2nc(Cc3ccc(Cl)c(Cl)c3)[nH]c(=O)n2n1. The first-order valence-corrected chi connectivity index (χ1v) is 6.34. The van der Waals surface area contributed by atoms with E-state index in [4.69, 9.17) is 28.9 Å². The molecule has 7 nitrogen and oxygen atoms in total. The molecule has 0 unspecified atom stereocenters. The minimum atomic E-state index is -0.450. The van der Waals surface area contributed by atoms with Crippen LogP contribution in [0, 0.1) is 0 Å². The summed E-state index contributed by atoms with van der Waals surface area (Å²) in [6.07, 6.45) is 0.384. The predicted octanol–water partition coefficient (Wildman–Crippen LogP) is 1.29. The van der Waals surface area contributed by atoms with Gasteiger partial charge in [-0.2, -0.15) is 9.97 Å². The number of hydrogen-bond acceptors (Lipinski definition) is 5. The maximum absolute atomic E-state index is 11.8. The molecule has 1 aromatic carbocycles. The third-order valence-electron chi connectivity index (χ3n) is 2.64. The molecular weight excluding hydrogens is 303 g/mol. The fourth-order valence-electron chi connectivity index (χ4n) is 1.78. The highest BCUT2D eigenvalue weighted by Crippen LogP contribution is 2.23. The Kier molecular flexibility index (Phi) is 3.07. The Morgan fingerprint density at radius 3 is 2.80 bits per heavy atom. The van der Waals surface area contributed by atoms with Crippen molar-refractivity contribution in [2.75, 3.05) is 5.73 Å². The van der Waals surface area contributed by atoms with E-state index in [9.17, 15) is 4.79 Å². The van der Waals surface area contributed by atoms with Crippen molar-refractivity contribution in [1.29, 1.82) is 0 Å². The van der Waals surface area contributed by atoms with Crippen molar-refractivity contribution in [2.24, 2.45) is 0 Å². The molecule has 0 aliphatic rings. The van der Waals surface area contributed by atoms with Crippen LogP contribution in [-0.4, -0.2) is 24.6 Å². The van der Waals surface area contributed by atoms with Gasteiger partial charge in [0.15, 0.2) is 0 Å². The predicted molar refractivity (Wildman–Crippen MR) is 75.1 cm³/mol. The van der Waals surface area contributed by atoms with Crippen LogP contribution in [0.25, 0.3) is 5.78 Å². The first kappa shape index (κ1) is 12.9. The summed E-state index contributed by atoms with van der Waals surface area (Å²) in [7, 11) is 0.